The number of carbonyl (C=O) groups excluding carboxylic acids is 1. The molecule has 0 bridgehead atoms. The van der Waals surface area contributed by atoms with Crippen molar-refractivity contribution in [1.29, 1.82) is 0 Å². The molecule has 0 aliphatic rings. The molecule has 0 aliphatic carbocycles. The van der Waals surface area contributed by atoms with Crippen LogP contribution in [0.5, 0.6) is 11.6 Å². The lowest BCUT2D eigenvalue weighted by atomic mass is 10.1. The standard InChI is InChI=1S/C24H30N4O2/c1-6-25-24(29)28(17(2)3)16-21-22(19-12-8-7-9-13-19)26-27(5)23(21)30-20-14-10-11-18(4)15-20/h7-15,17H,6,16H2,1-5H3,(H,25,29). The maximum Gasteiger partial charge on any atom is 0.317 e. The highest BCUT2D eigenvalue weighted by Crippen LogP contribution is 2.34. The predicted molar refractivity (Wildman–Crippen MR) is 120 cm³/mol. The van der Waals surface area contributed by atoms with E-state index in [1.54, 1.807) is 9.58 Å². The Morgan fingerprint density at radius 2 is 1.90 bits per heavy atom. The van der Waals surface area contributed by atoms with Crippen LogP contribution in [-0.4, -0.2) is 33.3 Å². The molecule has 0 saturated heterocycles. The van der Waals surface area contributed by atoms with Gasteiger partial charge in [-0.15, -0.1) is 0 Å². The Hall–Kier alpha value is -3.28. The number of urea groups is 1. The molecular formula is C24H30N4O2. The Labute approximate surface area is 178 Å². The van der Waals surface area contributed by atoms with Gasteiger partial charge in [-0.1, -0.05) is 42.5 Å². The largest absolute Gasteiger partial charge is 0.439 e. The van der Waals surface area contributed by atoms with E-state index in [0.717, 1.165) is 28.1 Å². The lowest BCUT2D eigenvalue weighted by Crippen LogP contribution is -2.43. The highest BCUT2D eigenvalue weighted by atomic mass is 16.5. The van der Waals surface area contributed by atoms with E-state index >= 15 is 0 Å². The fraction of sp³-hybridized carbons (Fsp3) is 0.333. The van der Waals surface area contributed by atoms with E-state index in [9.17, 15) is 4.79 Å². The molecule has 6 heteroatoms. The van der Waals surface area contributed by atoms with Crippen LogP contribution in [0.25, 0.3) is 11.3 Å². The molecule has 2 amide bonds. The molecule has 2 aromatic carbocycles. The van der Waals surface area contributed by atoms with Gasteiger partial charge in [0.1, 0.15) is 11.4 Å². The predicted octanol–water partition coefficient (Wildman–Crippen LogP) is 5.13. The second kappa shape index (κ2) is 9.48. The molecule has 30 heavy (non-hydrogen) atoms. The van der Waals surface area contributed by atoms with Crippen LogP contribution >= 0.6 is 0 Å². The van der Waals surface area contributed by atoms with Crippen molar-refractivity contribution in [2.45, 2.75) is 40.3 Å². The van der Waals surface area contributed by atoms with Crippen LogP contribution in [0.4, 0.5) is 4.79 Å². The second-order valence-corrected chi connectivity index (χ2v) is 7.60. The van der Waals surface area contributed by atoms with Crippen LogP contribution in [-0.2, 0) is 13.6 Å². The zero-order chi connectivity index (χ0) is 21.7. The minimum Gasteiger partial charge on any atom is -0.439 e. The van der Waals surface area contributed by atoms with Crippen molar-refractivity contribution < 1.29 is 9.53 Å². The molecule has 1 N–H and O–H groups in total. The van der Waals surface area contributed by atoms with Gasteiger partial charge in [0, 0.05) is 25.2 Å². The Balaban J connectivity index is 2.08. The van der Waals surface area contributed by atoms with Crippen molar-refractivity contribution >= 4 is 6.03 Å². The smallest absolute Gasteiger partial charge is 0.317 e. The Morgan fingerprint density at radius 3 is 2.53 bits per heavy atom. The lowest BCUT2D eigenvalue weighted by molar-refractivity contribution is 0.180. The van der Waals surface area contributed by atoms with Gasteiger partial charge in [-0.25, -0.2) is 9.48 Å². The Morgan fingerprint density at radius 1 is 1.17 bits per heavy atom. The summed E-state index contributed by atoms with van der Waals surface area (Å²) in [6, 6.07) is 17.8. The van der Waals surface area contributed by atoms with Gasteiger partial charge in [0.05, 0.1) is 12.1 Å². The monoisotopic (exact) mass is 406 g/mol. The van der Waals surface area contributed by atoms with Crippen molar-refractivity contribution in [1.82, 2.24) is 20.0 Å². The Bertz CT molecular complexity index is 996. The molecule has 0 saturated carbocycles. The quantitative estimate of drug-likeness (QED) is 0.592. The molecule has 1 heterocycles. The summed E-state index contributed by atoms with van der Waals surface area (Å²) in [7, 11) is 1.87. The summed E-state index contributed by atoms with van der Waals surface area (Å²) in [6.45, 7) is 8.93. The number of benzene rings is 2. The molecular weight excluding hydrogens is 376 g/mol. The van der Waals surface area contributed by atoms with Crippen LogP contribution in [0, 0.1) is 6.92 Å². The number of nitrogens with zero attached hydrogens (tertiary/aromatic N) is 3. The molecule has 0 spiro atoms. The summed E-state index contributed by atoms with van der Waals surface area (Å²) in [5.74, 6) is 1.38. The van der Waals surface area contributed by atoms with Gasteiger partial charge in [-0.2, -0.15) is 5.10 Å². The number of aryl methyl sites for hydroxylation is 2. The van der Waals surface area contributed by atoms with Crippen LogP contribution < -0.4 is 10.1 Å². The highest BCUT2D eigenvalue weighted by molar-refractivity contribution is 5.75. The molecule has 0 radical (unpaired) electrons. The zero-order valence-electron chi connectivity index (χ0n) is 18.3. The summed E-state index contributed by atoms with van der Waals surface area (Å²) in [5, 5.41) is 7.66. The number of carbonyl (C=O) groups is 1. The van der Waals surface area contributed by atoms with Crippen LogP contribution in [0.15, 0.2) is 54.6 Å². The number of rotatable bonds is 7. The fourth-order valence-corrected chi connectivity index (χ4v) is 3.35. The van der Waals surface area contributed by atoms with E-state index in [2.05, 4.69) is 5.32 Å². The van der Waals surface area contributed by atoms with E-state index in [4.69, 9.17) is 9.84 Å². The van der Waals surface area contributed by atoms with Gasteiger partial charge in [-0.3, -0.25) is 0 Å². The maximum atomic E-state index is 12.7. The molecule has 0 atom stereocenters. The van der Waals surface area contributed by atoms with Gasteiger partial charge in [0.15, 0.2) is 0 Å². The average molecular weight is 407 g/mol. The van der Waals surface area contributed by atoms with Gasteiger partial charge in [-0.05, 0) is 45.4 Å². The number of amides is 2. The number of nitrogens with one attached hydrogen (secondary N) is 1. The first kappa shape index (κ1) is 21.4. The van der Waals surface area contributed by atoms with Gasteiger partial charge < -0.3 is 15.0 Å². The minimum absolute atomic E-state index is 0.0206. The second-order valence-electron chi connectivity index (χ2n) is 7.60. The topological polar surface area (TPSA) is 59.4 Å². The molecule has 1 aromatic heterocycles. The molecule has 0 fully saturated rings. The van der Waals surface area contributed by atoms with E-state index in [1.807, 2.05) is 89.3 Å². The third-order valence-corrected chi connectivity index (χ3v) is 4.88. The Kier molecular flexibility index (Phi) is 6.77. The first-order chi connectivity index (χ1) is 14.4. The van der Waals surface area contributed by atoms with Crippen molar-refractivity contribution in [3.63, 3.8) is 0 Å². The van der Waals surface area contributed by atoms with E-state index in [1.165, 1.54) is 0 Å². The molecule has 158 valence electrons. The van der Waals surface area contributed by atoms with Gasteiger partial charge >= 0.3 is 6.03 Å². The lowest BCUT2D eigenvalue weighted by Gasteiger charge is -2.27. The zero-order valence-corrected chi connectivity index (χ0v) is 18.3. The molecule has 0 aliphatic heterocycles. The van der Waals surface area contributed by atoms with Crippen molar-refractivity contribution in [3.8, 4) is 22.9 Å². The SMILES string of the molecule is CCNC(=O)N(Cc1c(-c2ccccc2)nn(C)c1Oc1cccc(C)c1)C(C)C. The molecule has 3 rings (SSSR count). The third kappa shape index (κ3) is 4.82. The first-order valence-electron chi connectivity index (χ1n) is 10.3. The van der Waals surface area contributed by atoms with E-state index < -0.39 is 0 Å². The highest BCUT2D eigenvalue weighted by Gasteiger charge is 2.25. The van der Waals surface area contributed by atoms with E-state index in [-0.39, 0.29) is 12.1 Å². The number of hydrogen-bond donors (Lipinski definition) is 1. The maximum absolute atomic E-state index is 12.7. The van der Waals surface area contributed by atoms with Crippen LogP contribution in [0.2, 0.25) is 0 Å². The van der Waals surface area contributed by atoms with Crippen LogP contribution in [0.3, 0.4) is 0 Å². The summed E-state index contributed by atoms with van der Waals surface area (Å²) in [5.41, 5.74) is 3.80. The molecule has 0 unspecified atom stereocenters. The van der Waals surface area contributed by atoms with E-state index in [0.29, 0.717) is 19.0 Å². The van der Waals surface area contributed by atoms with Crippen molar-refractivity contribution in [3.05, 3.63) is 65.7 Å². The van der Waals surface area contributed by atoms with Gasteiger partial charge in [0.25, 0.3) is 0 Å². The fourth-order valence-electron chi connectivity index (χ4n) is 3.35. The summed E-state index contributed by atoms with van der Waals surface area (Å²) < 4.78 is 8.03. The molecule has 3 aromatic rings. The third-order valence-electron chi connectivity index (χ3n) is 4.88. The van der Waals surface area contributed by atoms with Crippen molar-refractivity contribution in [2.75, 3.05) is 6.54 Å². The van der Waals surface area contributed by atoms with Crippen molar-refractivity contribution in [2.24, 2.45) is 7.05 Å². The number of aromatic nitrogens is 2. The van der Waals surface area contributed by atoms with Gasteiger partial charge in [0.2, 0.25) is 5.88 Å². The summed E-state index contributed by atoms with van der Waals surface area (Å²) in [6.07, 6.45) is 0. The normalized spacial score (nSPS) is 10.9. The van der Waals surface area contributed by atoms with Crippen LogP contribution in [0.1, 0.15) is 31.9 Å². The number of hydrogen-bond acceptors (Lipinski definition) is 3. The first-order valence-corrected chi connectivity index (χ1v) is 10.3. The molecule has 6 nitrogen and oxygen atoms in total. The summed E-state index contributed by atoms with van der Waals surface area (Å²) in [4.78, 5) is 14.5. The summed E-state index contributed by atoms with van der Waals surface area (Å²) >= 11 is 0. The minimum atomic E-state index is -0.100. The average Bonchev–Trinajstić information content (AvgIpc) is 3.02. The number of ether oxygens (including phenoxy) is 1.